The fourth-order valence-corrected chi connectivity index (χ4v) is 4.88. The van der Waals surface area contributed by atoms with Crippen molar-refractivity contribution in [3.8, 4) is 5.75 Å². The number of thioether (sulfide) groups is 1. The van der Waals surface area contributed by atoms with Crippen LogP contribution in [0.25, 0.3) is 0 Å². The van der Waals surface area contributed by atoms with Gasteiger partial charge in [0.15, 0.2) is 0 Å². The average molecular weight is 483 g/mol. The number of amides is 2. The molecule has 3 aromatic rings. The number of methoxy groups -OCH3 is 1. The number of carbonyl (C=O) groups excluding carboxylic acids is 2. The normalized spacial score (nSPS) is 15.9. The van der Waals surface area contributed by atoms with Gasteiger partial charge in [0.1, 0.15) is 11.1 Å². The van der Waals surface area contributed by atoms with Gasteiger partial charge in [0.05, 0.1) is 12.9 Å². The number of benzene rings is 3. The Kier molecular flexibility index (Phi) is 6.11. The summed E-state index contributed by atoms with van der Waals surface area (Å²) in [6, 6.07) is 22.3. The summed E-state index contributed by atoms with van der Waals surface area (Å²) in [4.78, 5) is 27.0. The Morgan fingerprint density at radius 2 is 1.90 bits per heavy atom. The molecule has 30 heavy (non-hydrogen) atoms. The summed E-state index contributed by atoms with van der Waals surface area (Å²) in [5.74, 6) is 0.956. The minimum Gasteiger partial charge on any atom is -0.497 e. The smallest absolute Gasteiger partial charge is 0.255 e. The summed E-state index contributed by atoms with van der Waals surface area (Å²) in [5.41, 5.74) is 2.99. The minimum absolute atomic E-state index is 0.0434. The van der Waals surface area contributed by atoms with Gasteiger partial charge in [-0.1, -0.05) is 40.2 Å². The molecule has 1 N–H and O–H groups in total. The van der Waals surface area contributed by atoms with Crippen LogP contribution in [0.2, 0.25) is 0 Å². The molecule has 0 radical (unpaired) electrons. The molecule has 0 saturated carbocycles. The summed E-state index contributed by atoms with van der Waals surface area (Å²) in [5, 5.41) is 2.77. The van der Waals surface area contributed by atoms with Crippen LogP contribution >= 0.6 is 27.7 Å². The molecule has 0 spiro atoms. The molecule has 3 aromatic carbocycles. The van der Waals surface area contributed by atoms with Crippen LogP contribution in [0.1, 0.15) is 21.3 Å². The van der Waals surface area contributed by atoms with Crippen molar-refractivity contribution in [2.45, 2.75) is 5.37 Å². The average Bonchev–Trinajstić information content (AvgIpc) is 3.15. The van der Waals surface area contributed by atoms with Crippen molar-refractivity contribution < 1.29 is 14.3 Å². The Labute approximate surface area is 187 Å². The predicted octanol–water partition coefficient (Wildman–Crippen LogP) is 5.49. The highest BCUT2D eigenvalue weighted by molar-refractivity contribution is 9.10. The van der Waals surface area contributed by atoms with E-state index >= 15 is 0 Å². The van der Waals surface area contributed by atoms with Crippen molar-refractivity contribution in [1.82, 2.24) is 0 Å². The van der Waals surface area contributed by atoms with Gasteiger partial charge in [-0.2, -0.15) is 0 Å². The van der Waals surface area contributed by atoms with E-state index in [2.05, 4.69) is 21.2 Å². The predicted molar refractivity (Wildman–Crippen MR) is 124 cm³/mol. The van der Waals surface area contributed by atoms with Crippen LogP contribution in [0.4, 0.5) is 11.4 Å². The van der Waals surface area contributed by atoms with Gasteiger partial charge in [0.25, 0.3) is 5.91 Å². The molecule has 0 unspecified atom stereocenters. The van der Waals surface area contributed by atoms with Crippen molar-refractivity contribution >= 4 is 50.9 Å². The molecule has 0 bridgehead atoms. The number of nitrogens with zero attached hydrogens (tertiary/aromatic N) is 1. The molecule has 1 fully saturated rings. The highest BCUT2D eigenvalue weighted by Gasteiger charge is 2.34. The van der Waals surface area contributed by atoms with Gasteiger partial charge in [0, 0.05) is 27.5 Å². The Bertz CT molecular complexity index is 1110. The van der Waals surface area contributed by atoms with Gasteiger partial charge < -0.3 is 10.1 Å². The van der Waals surface area contributed by atoms with E-state index in [0.29, 0.717) is 22.8 Å². The fraction of sp³-hybridized carbons (Fsp3) is 0.130. The van der Waals surface area contributed by atoms with Crippen molar-refractivity contribution in [2.75, 3.05) is 23.1 Å². The number of rotatable bonds is 5. The van der Waals surface area contributed by atoms with Gasteiger partial charge in [-0.05, 0) is 48.0 Å². The van der Waals surface area contributed by atoms with Crippen LogP contribution < -0.4 is 15.0 Å². The van der Waals surface area contributed by atoms with Crippen LogP contribution in [0.3, 0.4) is 0 Å². The first-order valence-electron chi connectivity index (χ1n) is 9.30. The van der Waals surface area contributed by atoms with Gasteiger partial charge in [-0.25, -0.2) is 0 Å². The zero-order valence-electron chi connectivity index (χ0n) is 16.2. The molecule has 1 atom stereocenters. The second-order valence-corrected chi connectivity index (χ2v) is 8.70. The molecule has 152 valence electrons. The van der Waals surface area contributed by atoms with E-state index < -0.39 is 0 Å². The van der Waals surface area contributed by atoms with E-state index in [9.17, 15) is 9.59 Å². The summed E-state index contributed by atoms with van der Waals surface area (Å²) in [7, 11) is 1.61. The first-order valence-corrected chi connectivity index (χ1v) is 11.1. The summed E-state index contributed by atoms with van der Waals surface area (Å²) < 4.78 is 6.15. The molecule has 0 aromatic heterocycles. The third-order valence-electron chi connectivity index (χ3n) is 4.72. The highest BCUT2D eigenvalue weighted by Crippen LogP contribution is 2.42. The second-order valence-electron chi connectivity index (χ2n) is 6.72. The molecule has 1 saturated heterocycles. The van der Waals surface area contributed by atoms with Crippen molar-refractivity contribution in [2.24, 2.45) is 0 Å². The van der Waals surface area contributed by atoms with E-state index in [-0.39, 0.29) is 17.2 Å². The monoisotopic (exact) mass is 482 g/mol. The lowest BCUT2D eigenvalue weighted by Gasteiger charge is -2.25. The Hall–Kier alpha value is -2.77. The third kappa shape index (κ3) is 4.37. The molecule has 1 aliphatic rings. The first-order chi connectivity index (χ1) is 14.5. The van der Waals surface area contributed by atoms with E-state index in [1.54, 1.807) is 35.9 Å². The summed E-state index contributed by atoms with van der Waals surface area (Å²) in [6.45, 7) is 0. The summed E-state index contributed by atoms with van der Waals surface area (Å²) >= 11 is 4.95. The second kappa shape index (κ2) is 8.93. The number of hydrogen-bond donors (Lipinski definition) is 1. The Balaban J connectivity index is 1.59. The Morgan fingerprint density at radius 3 is 2.70 bits per heavy atom. The molecular formula is C23H19BrN2O3S. The lowest BCUT2D eigenvalue weighted by atomic mass is 10.1. The van der Waals surface area contributed by atoms with Crippen LogP contribution in [0, 0.1) is 0 Å². The lowest BCUT2D eigenvalue weighted by Crippen LogP contribution is -2.27. The lowest BCUT2D eigenvalue weighted by molar-refractivity contribution is -0.115. The van der Waals surface area contributed by atoms with Crippen LogP contribution in [-0.4, -0.2) is 24.7 Å². The topological polar surface area (TPSA) is 58.6 Å². The molecule has 7 heteroatoms. The van der Waals surface area contributed by atoms with Gasteiger partial charge in [-0.15, -0.1) is 11.8 Å². The summed E-state index contributed by atoms with van der Waals surface area (Å²) in [6.07, 6.45) is 0. The zero-order valence-corrected chi connectivity index (χ0v) is 18.6. The highest BCUT2D eigenvalue weighted by atomic mass is 79.9. The van der Waals surface area contributed by atoms with E-state index in [1.165, 1.54) is 0 Å². The fourth-order valence-electron chi connectivity index (χ4n) is 3.31. The molecule has 0 aliphatic carbocycles. The number of halogens is 1. The van der Waals surface area contributed by atoms with Gasteiger partial charge >= 0.3 is 0 Å². The van der Waals surface area contributed by atoms with E-state index in [1.807, 2.05) is 60.7 Å². The van der Waals surface area contributed by atoms with Gasteiger partial charge in [0.2, 0.25) is 5.91 Å². The quantitative estimate of drug-likeness (QED) is 0.522. The maximum atomic E-state index is 12.6. The van der Waals surface area contributed by atoms with Crippen LogP contribution in [0.5, 0.6) is 5.75 Å². The van der Waals surface area contributed by atoms with Crippen molar-refractivity contribution in [3.63, 3.8) is 0 Å². The third-order valence-corrected chi connectivity index (χ3v) is 6.42. The number of nitrogens with one attached hydrogen (secondary N) is 1. The molecule has 2 amide bonds. The number of hydrogen-bond acceptors (Lipinski definition) is 4. The standard InChI is InChI=1S/C23H19BrN2O3S/c1-29-20-10-4-9-19(13-20)26-21(27)14-30-23(26)16-6-3-8-18(12-16)25-22(28)15-5-2-7-17(24)11-15/h2-13,23H,14H2,1H3,(H,25,28)/t23-/m1/s1. The maximum Gasteiger partial charge on any atom is 0.255 e. The number of anilines is 2. The van der Waals surface area contributed by atoms with E-state index in [0.717, 1.165) is 15.7 Å². The largest absolute Gasteiger partial charge is 0.497 e. The SMILES string of the molecule is COc1cccc(N2C(=O)CS[C@@H]2c2cccc(NC(=O)c3cccc(Br)c3)c2)c1. The molecular weight excluding hydrogens is 464 g/mol. The van der Waals surface area contributed by atoms with E-state index in [4.69, 9.17) is 4.74 Å². The molecule has 4 rings (SSSR count). The van der Waals surface area contributed by atoms with Crippen molar-refractivity contribution in [3.05, 3.63) is 88.4 Å². The Morgan fingerprint density at radius 1 is 1.10 bits per heavy atom. The maximum absolute atomic E-state index is 12.6. The van der Waals surface area contributed by atoms with Gasteiger partial charge in [-0.3, -0.25) is 14.5 Å². The zero-order chi connectivity index (χ0) is 21.1. The first kappa shape index (κ1) is 20.5. The number of ether oxygens (including phenoxy) is 1. The molecule has 1 aliphatic heterocycles. The van der Waals surface area contributed by atoms with Crippen LogP contribution in [-0.2, 0) is 4.79 Å². The number of carbonyl (C=O) groups is 2. The minimum atomic E-state index is -0.187. The van der Waals surface area contributed by atoms with Crippen LogP contribution in [0.15, 0.2) is 77.3 Å². The van der Waals surface area contributed by atoms with Crippen molar-refractivity contribution in [1.29, 1.82) is 0 Å². The molecule has 5 nitrogen and oxygen atoms in total. The molecule has 1 heterocycles.